The average Bonchev–Trinajstić information content (AvgIpc) is 0.776. The number of rotatable bonds is 34. The first kappa shape index (κ1) is 139. The molecule has 0 aliphatic rings. The largest absolute Gasteiger partial charge is 0.512 e. The van der Waals surface area contributed by atoms with Gasteiger partial charge in [-0.3, -0.25) is 39.1 Å². The summed E-state index contributed by atoms with van der Waals surface area (Å²) in [5, 5.41) is 42.5. The van der Waals surface area contributed by atoms with E-state index in [1.165, 1.54) is 118 Å². The van der Waals surface area contributed by atoms with Gasteiger partial charge in [0.05, 0.1) is 45.1 Å². The number of aromatic nitrogens is 4. The molecule has 0 unspecified atom stereocenters. The van der Waals surface area contributed by atoms with Crippen molar-refractivity contribution in [3.8, 4) is 45.0 Å². The van der Waals surface area contributed by atoms with Crippen LogP contribution < -0.4 is 0 Å². The van der Waals surface area contributed by atoms with Crippen LogP contribution in [0.25, 0.3) is 88.6 Å². The van der Waals surface area contributed by atoms with E-state index in [1.807, 2.05) is 111 Å². The molecule has 0 spiro atoms. The monoisotopic (exact) mass is 2750 g/mol. The number of fused-ring (bicyclic) bond motifs is 4. The van der Waals surface area contributed by atoms with Gasteiger partial charge in [0.15, 0.2) is 23.1 Å². The Labute approximate surface area is 959 Å². The smallest absolute Gasteiger partial charge is 0.159 e. The van der Waals surface area contributed by atoms with E-state index in [2.05, 4.69) is 308 Å². The summed E-state index contributed by atoms with van der Waals surface area (Å²) < 4.78 is 0. The van der Waals surface area contributed by atoms with E-state index in [0.717, 1.165) is 122 Å². The predicted octanol–water partition coefficient (Wildman–Crippen LogP) is 36.3. The van der Waals surface area contributed by atoms with E-state index in [-0.39, 0.29) is 127 Å². The van der Waals surface area contributed by atoms with Crippen molar-refractivity contribution in [3.05, 3.63) is 306 Å². The molecule has 0 bridgehead atoms. The Bertz CT molecular complexity index is 6140. The summed E-state index contributed by atoms with van der Waals surface area (Å²) in [5.74, 6) is 6.41. The third kappa shape index (κ3) is 53.1. The molecule has 0 fully saturated rings. The van der Waals surface area contributed by atoms with Crippen LogP contribution in [0.2, 0.25) is 0 Å². The van der Waals surface area contributed by atoms with Crippen molar-refractivity contribution in [2.24, 2.45) is 71.0 Å². The van der Waals surface area contributed by atoms with E-state index < -0.39 is 0 Å². The zero-order chi connectivity index (χ0) is 109. The Hall–Kier alpha value is -9.16. The van der Waals surface area contributed by atoms with Crippen LogP contribution >= 0.6 is 0 Å². The molecule has 12 aromatic rings. The Morgan fingerprint density at radius 1 is 0.273 bits per heavy atom. The van der Waals surface area contributed by atoms with Crippen LogP contribution in [-0.2, 0) is 132 Å². The molecule has 16 heteroatoms. The fourth-order valence-corrected chi connectivity index (χ4v) is 17.9. The van der Waals surface area contributed by atoms with E-state index >= 15 is 0 Å². The summed E-state index contributed by atoms with van der Waals surface area (Å²) in [7, 11) is 0. The summed E-state index contributed by atoms with van der Waals surface area (Å²) in [6.07, 6.45) is 16.4. The molecule has 0 aliphatic heterocycles. The quantitative estimate of drug-likeness (QED) is 0.0169. The minimum absolute atomic E-state index is 0. The third-order valence-corrected chi connectivity index (χ3v) is 23.1. The number of pyridine rings is 4. The normalized spacial score (nSPS) is 11.5. The molecule has 8 aromatic carbocycles. The summed E-state index contributed by atoms with van der Waals surface area (Å²) in [6.45, 7) is 75.8. The molecular weight excluding hydrogens is 2560 g/mol. The summed E-state index contributed by atoms with van der Waals surface area (Å²) >= 11 is 0. The number of aryl methyl sites for hydroxylation is 12. The van der Waals surface area contributed by atoms with E-state index in [9.17, 15) is 39.6 Å². The molecule has 0 saturated carbocycles. The van der Waals surface area contributed by atoms with Gasteiger partial charge in [0, 0.05) is 172 Å². The second kappa shape index (κ2) is 69.6. The van der Waals surface area contributed by atoms with Crippen molar-refractivity contribution in [3.63, 3.8) is 0 Å². The van der Waals surface area contributed by atoms with E-state index in [4.69, 9.17) is 19.9 Å². The molecule has 0 saturated heterocycles. The number of benzene rings is 8. The minimum atomic E-state index is 0. The Kier molecular flexibility index (Phi) is 64.4. The van der Waals surface area contributed by atoms with Crippen molar-refractivity contribution >= 4 is 66.7 Å². The van der Waals surface area contributed by atoms with Crippen LogP contribution in [-0.4, -0.2) is 63.5 Å². The Morgan fingerprint density at radius 3 is 0.927 bits per heavy atom. The van der Waals surface area contributed by atoms with Gasteiger partial charge >= 0.3 is 0 Å². The summed E-state index contributed by atoms with van der Waals surface area (Å²) in [6, 6.07) is 66.4. The van der Waals surface area contributed by atoms with Gasteiger partial charge in [-0.1, -0.05) is 307 Å². The zero-order valence-electron chi connectivity index (χ0n) is 97.5. The molecule has 4 heterocycles. The molecule has 12 nitrogen and oxygen atoms in total. The van der Waals surface area contributed by atoms with Gasteiger partial charge in [-0.2, -0.15) is 0 Å². The van der Waals surface area contributed by atoms with Crippen LogP contribution in [0.1, 0.15) is 320 Å². The average molecular weight is 2740 g/mol. The van der Waals surface area contributed by atoms with Crippen molar-refractivity contribution in [1.29, 1.82) is 0 Å². The molecular formula is C134H180Ir4N4O8-4. The number of allylic oxidation sites excluding steroid dienone is 8. The number of aliphatic hydroxyl groups is 4. The first-order valence-electron chi connectivity index (χ1n) is 53.8. The second-order valence-corrected chi connectivity index (χ2v) is 45.9. The van der Waals surface area contributed by atoms with Crippen molar-refractivity contribution < 1.29 is 120 Å². The molecule has 0 atom stereocenters. The van der Waals surface area contributed by atoms with Gasteiger partial charge in [0.1, 0.15) is 0 Å². The SMILES string of the molecule is CC(C)CC(=O)C=C(O)CC(C)C.CC(C)CC(=O)C=C(O)CC(C)C.CC(C)CC(=O)C=C(O)CC(C)C.CC(C)CC(=O)C=C(O)CC(C)C.CCCc1ccc2ccc(-c3[c-]c(C)cc(C)c3)nc2c1.Cc1[c-]c(-c2cc(CC(C)C)c3c(C)cc(C)cc3n2)cc(C)c1.Cc1[c-]c(-c2cc(CC(C)C)c3c(CC(C)C)cccc3n2)cc(C)c1.Cc1[c-]c(-c2cc(CC(C)C)c3cc(C)ccc3n2)cc(C)c1.[Ir].[Ir].[Ir].[Ir]. The van der Waals surface area contributed by atoms with Crippen LogP contribution in [0, 0.1) is 171 Å². The molecule has 12 rings (SSSR count). The van der Waals surface area contributed by atoms with Gasteiger partial charge in [-0.15, -0.1) is 140 Å². The first-order valence-corrected chi connectivity index (χ1v) is 53.8. The fraction of sp³-hybridized carbons (Fsp3) is 0.463. The van der Waals surface area contributed by atoms with Crippen LogP contribution in [0.15, 0.2) is 193 Å². The maximum Gasteiger partial charge on any atom is 0.159 e. The van der Waals surface area contributed by atoms with E-state index in [0.29, 0.717) is 122 Å². The van der Waals surface area contributed by atoms with Gasteiger partial charge in [0.25, 0.3) is 0 Å². The van der Waals surface area contributed by atoms with Crippen LogP contribution in [0.3, 0.4) is 0 Å². The maximum absolute atomic E-state index is 11.2. The Morgan fingerprint density at radius 2 is 0.580 bits per heavy atom. The number of nitrogens with zero attached hydrogens (tertiary/aromatic N) is 4. The van der Waals surface area contributed by atoms with Crippen LogP contribution in [0.5, 0.6) is 0 Å². The maximum atomic E-state index is 11.2. The molecule has 0 amide bonds. The third-order valence-electron chi connectivity index (χ3n) is 23.1. The van der Waals surface area contributed by atoms with Crippen molar-refractivity contribution in [2.75, 3.05) is 0 Å². The minimum Gasteiger partial charge on any atom is -0.512 e. The van der Waals surface area contributed by atoms with Gasteiger partial charge < -0.3 is 20.4 Å². The molecule has 4 radical (unpaired) electrons. The second-order valence-electron chi connectivity index (χ2n) is 45.9. The number of hydrogen-bond acceptors (Lipinski definition) is 12. The summed E-state index contributed by atoms with van der Waals surface area (Å²) in [4.78, 5) is 64.6. The number of ketones is 4. The first-order chi connectivity index (χ1) is 68.4. The molecule has 0 aliphatic carbocycles. The molecule has 4 aromatic heterocycles. The number of carbonyl (C=O) groups is 4. The Balaban J connectivity index is 0.000000868. The zero-order valence-corrected chi connectivity index (χ0v) is 107. The number of carbonyl (C=O) groups excluding carboxylic acids is 4. The van der Waals surface area contributed by atoms with Gasteiger partial charge in [0.2, 0.25) is 0 Å². The summed E-state index contributed by atoms with van der Waals surface area (Å²) in [5.41, 5.74) is 33.4. The number of hydrogen-bond donors (Lipinski definition) is 4. The molecule has 4 N–H and O–H groups in total. The number of aliphatic hydroxyl groups excluding tert-OH is 4. The molecule has 150 heavy (non-hydrogen) atoms. The molecule has 824 valence electrons. The van der Waals surface area contributed by atoms with Crippen LogP contribution in [0.4, 0.5) is 0 Å². The topological polar surface area (TPSA) is 201 Å². The van der Waals surface area contributed by atoms with Gasteiger partial charge in [-0.05, 0) is 221 Å². The van der Waals surface area contributed by atoms with Gasteiger partial charge in [-0.25, -0.2) is 0 Å². The predicted molar refractivity (Wildman–Crippen MR) is 623 cm³/mol. The fourth-order valence-electron chi connectivity index (χ4n) is 17.9. The van der Waals surface area contributed by atoms with Crippen molar-refractivity contribution in [2.45, 2.75) is 339 Å². The standard InChI is InChI=1S/C25H30N.C23H26N.C22H24N.C20H20N.4C11H20O2.4Ir/c1-16(2)10-20-8-7-9-23-25(20)22(11-17(3)4)15-24(26-23)21-13-18(5)12-19(6)14-21;1-14(2)7-20-13-21(19-10-15(3)8-16(4)11-19)24-22-12-17(5)9-18(6)23(20)22;1-14(2)8-18-13-22(19-10-16(4)9-17(5)11-19)23-21-7-6-15(3)12-20(18)21;1-4-5-16-6-7-17-8-9-19(21-20(17)13-16)18-11-14(2)10-15(3)12-18;4*1-8(2)5-10(12)7-11(13)6-9(3)4;;;;/h7-9,12-13,15-17H,10-11H2,1-6H3;8-10,12-14H,7H2,1-6H3;6-7,9-10,12-14H,8H2,1-5H3;6-11,13H,4-5H2,1-3H3;4*7-9,12H,5-6H2,1-4H3;;;;/q4*-1;;;;;;;;. The van der Waals surface area contributed by atoms with Crippen molar-refractivity contribution in [1.82, 2.24) is 19.9 Å². The van der Waals surface area contributed by atoms with E-state index in [1.54, 1.807) is 0 Å².